The van der Waals surface area contributed by atoms with Crippen molar-refractivity contribution in [3.63, 3.8) is 0 Å². The van der Waals surface area contributed by atoms with Crippen molar-refractivity contribution in [3.05, 3.63) is 24.0 Å². The summed E-state index contributed by atoms with van der Waals surface area (Å²) in [5.74, 6) is -0.405. The van der Waals surface area contributed by atoms with Crippen LogP contribution < -0.4 is 16.4 Å². The molecule has 0 spiro atoms. The molecule has 1 unspecified atom stereocenters. The molecular formula is C10H12FN3O. The number of benzene rings is 1. The number of rotatable bonds is 2. The molecule has 1 saturated heterocycles. The molecule has 80 valence electrons. The van der Waals surface area contributed by atoms with E-state index in [-0.39, 0.29) is 11.9 Å². The Labute approximate surface area is 86.7 Å². The van der Waals surface area contributed by atoms with E-state index in [4.69, 9.17) is 5.73 Å². The SMILES string of the molecule is Nc1ccc(NC2CNC(=O)C2)c(F)c1. The normalized spacial score (nSPS) is 20.1. The number of hydrogen-bond donors (Lipinski definition) is 3. The first-order chi connectivity index (χ1) is 7.15. The molecule has 2 rings (SSSR count). The molecule has 0 aliphatic carbocycles. The minimum absolute atomic E-state index is 0.0108. The van der Waals surface area contributed by atoms with Gasteiger partial charge in [0.1, 0.15) is 5.82 Å². The van der Waals surface area contributed by atoms with Gasteiger partial charge in [-0.25, -0.2) is 4.39 Å². The van der Waals surface area contributed by atoms with Crippen molar-refractivity contribution in [1.82, 2.24) is 5.32 Å². The van der Waals surface area contributed by atoms with Crippen molar-refractivity contribution in [3.8, 4) is 0 Å². The smallest absolute Gasteiger partial charge is 0.222 e. The number of carbonyl (C=O) groups is 1. The van der Waals surface area contributed by atoms with Gasteiger partial charge >= 0.3 is 0 Å². The van der Waals surface area contributed by atoms with Crippen LogP contribution in [0.3, 0.4) is 0 Å². The molecule has 0 radical (unpaired) electrons. The molecule has 1 aromatic carbocycles. The summed E-state index contributed by atoms with van der Waals surface area (Å²) in [5.41, 5.74) is 6.19. The number of carbonyl (C=O) groups excluding carboxylic acids is 1. The standard InChI is InChI=1S/C10H12FN3O/c11-8-3-6(12)1-2-9(8)14-7-4-10(15)13-5-7/h1-3,7,14H,4-5,12H2,(H,13,15). The fourth-order valence-corrected chi connectivity index (χ4v) is 1.58. The third kappa shape index (κ3) is 2.18. The summed E-state index contributed by atoms with van der Waals surface area (Å²) in [6.07, 6.45) is 0.379. The minimum Gasteiger partial charge on any atom is -0.399 e. The van der Waals surface area contributed by atoms with Crippen LogP contribution in [-0.4, -0.2) is 18.5 Å². The van der Waals surface area contributed by atoms with Crippen LogP contribution in [0.15, 0.2) is 18.2 Å². The maximum Gasteiger partial charge on any atom is 0.222 e. The molecule has 5 heteroatoms. The van der Waals surface area contributed by atoms with Crippen LogP contribution in [0, 0.1) is 5.82 Å². The summed E-state index contributed by atoms with van der Waals surface area (Å²) < 4.78 is 13.4. The Morgan fingerprint density at radius 1 is 1.53 bits per heavy atom. The molecule has 0 bridgehead atoms. The summed E-state index contributed by atoms with van der Waals surface area (Å²) in [6, 6.07) is 4.41. The van der Waals surface area contributed by atoms with Gasteiger partial charge in [-0.15, -0.1) is 0 Å². The highest BCUT2D eigenvalue weighted by molar-refractivity contribution is 5.79. The number of nitrogen functional groups attached to an aromatic ring is 1. The van der Waals surface area contributed by atoms with Crippen LogP contribution in [0.1, 0.15) is 6.42 Å². The Balaban J connectivity index is 2.07. The lowest BCUT2D eigenvalue weighted by atomic mass is 10.2. The van der Waals surface area contributed by atoms with Crippen molar-refractivity contribution in [1.29, 1.82) is 0 Å². The average molecular weight is 209 g/mol. The zero-order chi connectivity index (χ0) is 10.8. The molecule has 0 aromatic heterocycles. The van der Waals surface area contributed by atoms with Crippen LogP contribution in [0.2, 0.25) is 0 Å². The molecule has 1 aliphatic heterocycles. The summed E-state index contributed by atoms with van der Waals surface area (Å²) >= 11 is 0. The van der Waals surface area contributed by atoms with E-state index >= 15 is 0 Å². The number of nitrogens with two attached hydrogens (primary N) is 1. The summed E-state index contributed by atoms with van der Waals surface area (Å²) in [6.45, 7) is 0.530. The van der Waals surface area contributed by atoms with Crippen LogP contribution in [0.4, 0.5) is 15.8 Å². The van der Waals surface area contributed by atoms with Crippen molar-refractivity contribution >= 4 is 17.3 Å². The first kappa shape index (κ1) is 9.76. The van der Waals surface area contributed by atoms with E-state index in [9.17, 15) is 9.18 Å². The minimum atomic E-state index is -0.394. The van der Waals surface area contributed by atoms with Crippen LogP contribution >= 0.6 is 0 Å². The first-order valence-corrected chi connectivity index (χ1v) is 4.73. The Morgan fingerprint density at radius 2 is 2.33 bits per heavy atom. The lowest BCUT2D eigenvalue weighted by Crippen LogP contribution is -2.22. The molecule has 15 heavy (non-hydrogen) atoms. The Hall–Kier alpha value is -1.78. The average Bonchev–Trinajstić information content (AvgIpc) is 2.56. The highest BCUT2D eigenvalue weighted by Crippen LogP contribution is 2.19. The molecule has 1 fully saturated rings. The van der Waals surface area contributed by atoms with Gasteiger partial charge in [-0.3, -0.25) is 4.79 Å². The van der Waals surface area contributed by atoms with Gasteiger partial charge in [-0.2, -0.15) is 0 Å². The molecular weight excluding hydrogens is 197 g/mol. The van der Waals surface area contributed by atoms with Gasteiger partial charge in [0.2, 0.25) is 5.91 Å². The molecule has 4 nitrogen and oxygen atoms in total. The van der Waals surface area contributed by atoms with Gasteiger partial charge in [0.05, 0.1) is 11.7 Å². The van der Waals surface area contributed by atoms with Crippen LogP contribution in [-0.2, 0) is 4.79 Å². The monoisotopic (exact) mass is 209 g/mol. The number of anilines is 2. The largest absolute Gasteiger partial charge is 0.399 e. The summed E-state index contributed by atoms with van der Waals surface area (Å²) in [4.78, 5) is 10.9. The van der Waals surface area contributed by atoms with E-state index in [0.717, 1.165) is 0 Å². The van der Waals surface area contributed by atoms with Gasteiger partial charge < -0.3 is 16.4 Å². The highest BCUT2D eigenvalue weighted by atomic mass is 19.1. The van der Waals surface area contributed by atoms with E-state index in [1.807, 2.05) is 0 Å². The van der Waals surface area contributed by atoms with E-state index in [1.54, 1.807) is 12.1 Å². The molecule has 1 aromatic rings. The predicted octanol–water partition coefficient (Wildman–Crippen LogP) is 0.708. The topological polar surface area (TPSA) is 67.2 Å². The maximum absolute atomic E-state index is 13.4. The van der Waals surface area contributed by atoms with Gasteiger partial charge in [0.15, 0.2) is 0 Å². The van der Waals surface area contributed by atoms with Crippen molar-refractivity contribution in [2.24, 2.45) is 0 Å². The molecule has 4 N–H and O–H groups in total. The zero-order valence-corrected chi connectivity index (χ0v) is 8.09. The Morgan fingerprint density at radius 3 is 2.93 bits per heavy atom. The second kappa shape index (κ2) is 3.76. The molecule has 1 amide bonds. The summed E-state index contributed by atoms with van der Waals surface area (Å²) in [7, 11) is 0. The van der Waals surface area contributed by atoms with E-state index in [1.165, 1.54) is 6.07 Å². The maximum atomic E-state index is 13.4. The second-order valence-electron chi connectivity index (χ2n) is 3.59. The van der Waals surface area contributed by atoms with E-state index < -0.39 is 5.82 Å². The number of halogens is 1. The molecule has 1 heterocycles. The van der Waals surface area contributed by atoms with Crippen molar-refractivity contribution < 1.29 is 9.18 Å². The van der Waals surface area contributed by atoms with Gasteiger partial charge in [-0.05, 0) is 18.2 Å². The molecule has 1 aliphatic rings. The van der Waals surface area contributed by atoms with Gasteiger partial charge in [-0.1, -0.05) is 0 Å². The number of hydrogen-bond acceptors (Lipinski definition) is 3. The lowest BCUT2D eigenvalue weighted by molar-refractivity contribution is -0.119. The highest BCUT2D eigenvalue weighted by Gasteiger charge is 2.21. The van der Waals surface area contributed by atoms with Crippen molar-refractivity contribution in [2.75, 3.05) is 17.6 Å². The Kier molecular flexibility index (Phi) is 2.45. The summed E-state index contributed by atoms with van der Waals surface area (Å²) in [5, 5.41) is 5.62. The number of amides is 1. The van der Waals surface area contributed by atoms with Crippen molar-refractivity contribution in [2.45, 2.75) is 12.5 Å². The third-order valence-electron chi connectivity index (χ3n) is 2.33. The van der Waals surface area contributed by atoms with E-state index in [0.29, 0.717) is 24.3 Å². The zero-order valence-electron chi connectivity index (χ0n) is 8.09. The lowest BCUT2D eigenvalue weighted by Gasteiger charge is -2.12. The van der Waals surface area contributed by atoms with E-state index in [2.05, 4.69) is 10.6 Å². The molecule has 0 saturated carbocycles. The van der Waals surface area contributed by atoms with Gasteiger partial charge in [0, 0.05) is 18.7 Å². The third-order valence-corrected chi connectivity index (χ3v) is 2.33. The van der Waals surface area contributed by atoms with Crippen LogP contribution in [0.25, 0.3) is 0 Å². The first-order valence-electron chi connectivity index (χ1n) is 4.73. The molecule has 1 atom stereocenters. The van der Waals surface area contributed by atoms with Crippen LogP contribution in [0.5, 0.6) is 0 Å². The van der Waals surface area contributed by atoms with Gasteiger partial charge in [0.25, 0.3) is 0 Å². The number of nitrogens with one attached hydrogen (secondary N) is 2. The predicted molar refractivity (Wildman–Crippen MR) is 55.8 cm³/mol. The Bertz CT molecular complexity index is 394. The fourth-order valence-electron chi connectivity index (χ4n) is 1.58. The second-order valence-corrected chi connectivity index (χ2v) is 3.59. The quantitative estimate of drug-likeness (QED) is 0.628. The fraction of sp³-hybridized carbons (Fsp3) is 0.300.